The van der Waals surface area contributed by atoms with Gasteiger partial charge in [0.1, 0.15) is 0 Å². The van der Waals surface area contributed by atoms with E-state index in [1.54, 1.807) is 0 Å². The van der Waals surface area contributed by atoms with Crippen LogP contribution in [0.25, 0.3) is 21.7 Å². The number of nitrogens with zero attached hydrogens (tertiary/aromatic N) is 1. The molecule has 1 heterocycles. The van der Waals surface area contributed by atoms with Gasteiger partial charge in [0.25, 0.3) is 0 Å². The lowest BCUT2D eigenvalue weighted by atomic mass is 9.70. The maximum absolute atomic E-state index is 5.49. The van der Waals surface area contributed by atoms with E-state index >= 15 is 0 Å². The Morgan fingerprint density at radius 1 is 0.645 bits per heavy atom. The van der Waals surface area contributed by atoms with E-state index in [1.165, 1.54) is 38.5 Å². The van der Waals surface area contributed by atoms with Crippen molar-refractivity contribution >= 4 is 21.7 Å². The van der Waals surface area contributed by atoms with Crippen LogP contribution in [0.15, 0.2) is 103 Å². The molecular formula is C30H25N. The summed E-state index contributed by atoms with van der Waals surface area (Å²) in [5.74, 6) is 0. The van der Waals surface area contributed by atoms with Gasteiger partial charge < -0.3 is 0 Å². The smallest absolute Gasteiger partial charge is 0.0784 e. The Morgan fingerprint density at radius 3 is 1.90 bits per heavy atom. The van der Waals surface area contributed by atoms with Crippen LogP contribution in [0.5, 0.6) is 0 Å². The average Bonchev–Trinajstić information content (AvgIpc) is 3.06. The summed E-state index contributed by atoms with van der Waals surface area (Å²) in [5.41, 5.74) is 6.08. The highest BCUT2D eigenvalue weighted by atomic mass is 14.8. The monoisotopic (exact) mass is 399 g/mol. The summed E-state index contributed by atoms with van der Waals surface area (Å²) in [6.45, 7) is 4.74. The third kappa shape index (κ3) is 2.59. The lowest BCUT2D eigenvalue weighted by molar-refractivity contribution is 0.442. The average molecular weight is 400 g/mol. The third-order valence-electron chi connectivity index (χ3n) is 7.08. The van der Waals surface area contributed by atoms with Crippen LogP contribution >= 0.6 is 0 Å². The van der Waals surface area contributed by atoms with E-state index in [0.717, 1.165) is 11.9 Å². The van der Waals surface area contributed by atoms with Crippen LogP contribution < -0.4 is 0 Å². The van der Waals surface area contributed by atoms with E-state index in [4.69, 9.17) is 4.98 Å². The molecule has 0 atom stereocenters. The second-order valence-electron chi connectivity index (χ2n) is 9.44. The maximum Gasteiger partial charge on any atom is 0.0784 e. The van der Waals surface area contributed by atoms with E-state index < -0.39 is 0 Å². The molecule has 1 heteroatoms. The SMILES string of the molecule is CC1(C)CC(c2ccccc2)(c2ccccc2)c2nc3c(ccc4ccccc43)cc21. The van der Waals surface area contributed by atoms with Crippen molar-refractivity contribution in [2.45, 2.75) is 31.1 Å². The second-order valence-corrected chi connectivity index (χ2v) is 9.44. The number of hydrogen-bond donors (Lipinski definition) is 0. The van der Waals surface area contributed by atoms with Crippen molar-refractivity contribution in [3.8, 4) is 0 Å². The molecule has 0 unspecified atom stereocenters. The van der Waals surface area contributed by atoms with E-state index in [9.17, 15) is 0 Å². The van der Waals surface area contributed by atoms with Gasteiger partial charge in [-0.05, 0) is 40.0 Å². The molecule has 1 aliphatic carbocycles. The lowest BCUT2D eigenvalue weighted by Gasteiger charge is -2.33. The summed E-state index contributed by atoms with van der Waals surface area (Å²) in [7, 11) is 0. The van der Waals surface area contributed by atoms with Crippen LogP contribution in [0.3, 0.4) is 0 Å². The van der Waals surface area contributed by atoms with Gasteiger partial charge in [-0.3, -0.25) is 4.98 Å². The Labute approximate surface area is 183 Å². The van der Waals surface area contributed by atoms with Gasteiger partial charge in [-0.25, -0.2) is 0 Å². The van der Waals surface area contributed by atoms with Crippen LogP contribution in [0.1, 0.15) is 42.7 Å². The van der Waals surface area contributed by atoms with Gasteiger partial charge in [-0.1, -0.05) is 111 Å². The molecule has 6 rings (SSSR count). The first-order chi connectivity index (χ1) is 15.1. The first kappa shape index (κ1) is 18.3. The van der Waals surface area contributed by atoms with E-state index in [2.05, 4.69) is 117 Å². The fourth-order valence-corrected chi connectivity index (χ4v) is 5.68. The second kappa shape index (κ2) is 6.52. The Morgan fingerprint density at radius 2 is 1.23 bits per heavy atom. The molecule has 1 aromatic heterocycles. The summed E-state index contributed by atoms with van der Waals surface area (Å²) < 4.78 is 0. The van der Waals surface area contributed by atoms with Gasteiger partial charge in [0.05, 0.1) is 16.6 Å². The molecule has 1 nitrogen and oxygen atoms in total. The van der Waals surface area contributed by atoms with Crippen LogP contribution in [0, 0.1) is 0 Å². The molecule has 31 heavy (non-hydrogen) atoms. The minimum atomic E-state index is -0.257. The molecular weight excluding hydrogens is 374 g/mol. The Balaban J connectivity index is 1.77. The molecule has 0 saturated carbocycles. The number of pyridine rings is 1. The van der Waals surface area contributed by atoms with Crippen molar-refractivity contribution in [2.75, 3.05) is 0 Å². The van der Waals surface area contributed by atoms with Crippen LogP contribution in [0.2, 0.25) is 0 Å². The highest BCUT2D eigenvalue weighted by Gasteiger charge is 2.51. The molecule has 5 aromatic rings. The predicted molar refractivity (Wildman–Crippen MR) is 130 cm³/mol. The summed E-state index contributed by atoms with van der Waals surface area (Å²) in [6.07, 6.45) is 1.00. The molecule has 0 radical (unpaired) electrons. The summed E-state index contributed by atoms with van der Waals surface area (Å²) >= 11 is 0. The molecule has 0 bridgehead atoms. The van der Waals surface area contributed by atoms with Gasteiger partial charge in [0, 0.05) is 10.8 Å². The largest absolute Gasteiger partial charge is 0.251 e. The van der Waals surface area contributed by atoms with Crippen LogP contribution in [-0.4, -0.2) is 4.98 Å². The Kier molecular flexibility index (Phi) is 3.86. The molecule has 0 amide bonds. The van der Waals surface area contributed by atoms with Gasteiger partial charge in [0.2, 0.25) is 0 Å². The zero-order chi connectivity index (χ0) is 21.1. The van der Waals surface area contributed by atoms with Crippen LogP contribution in [0.4, 0.5) is 0 Å². The van der Waals surface area contributed by atoms with Gasteiger partial charge in [-0.15, -0.1) is 0 Å². The predicted octanol–water partition coefficient (Wildman–Crippen LogP) is 7.40. The zero-order valence-corrected chi connectivity index (χ0v) is 18.0. The van der Waals surface area contributed by atoms with Crippen molar-refractivity contribution in [2.24, 2.45) is 0 Å². The molecule has 0 aliphatic heterocycles. The normalized spacial score (nSPS) is 16.5. The molecule has 1 aliphatic rings. The number of benzene rings is 4. The summed E-state index contributed by atoms with van der Waals surface area (Å²) in [5, 5.41) is 3.69. The summed E-state index contributed by atoms with van der Waals surface area (Å²) in [6, 6.07) is 37.3. The molecule has 0 N–H and O–H groups in total. The number of hydrogen-bond acceptors (Lipinski definition) is 1. The topological polar surface area (TPSA) is 12.9 Å². The standard InChI is InChI=1S/C30H25N/c1-29(2)20-30(23-12-5-3-6-13-23,24-14-7-4-8-15-24)28-26(29)19-22-18-17-21-11-9-10-16-25(21)27(22)31-28/h3-19H,20H2,1-2H3. The van der Waals surface area contributed by atoms with Crippen molar-refractivity contribution in [1.29, 1.82) is 0 Å². The minimum Gasteiger partial charge on any atom is -0.251 e. The van der Waals surface area contributed by atoms with Gasteiger partial charge >= 0.3 is 0 Å². The van der Waals surface area contributed by atoms with Crippen molar-refractivity contribution in [1.82, 2.24) is 4.98 Å². The maximum atomic E-state index is 5.49. The van der Waals surface area contributed by atoms with Crippen molar-refractivity contribution in [3.63, 3.8) is 0 Å². The van der Waals surface area contributed by atoms with Gasteiger partial charge in [-0.2, -0.15) is 0 Å². The lowest BCUT2D eigenvalue weighted by Crippen LogP contribution is -2.29. The quantitative estimate of drug-likeness (QED) is 0.282. The fourth-order valence-electron chi connectivity index (χ4n) is 5.68. The number of aromatic nitrogens is 1. The fraction of sp³-hybridized carbons (Fsp3) is 0.167. The third-order valence-corrected chi connectivity index (χ3v) is 7.08. The summed E-state index contributed by atoms with van der Waals surface area (Å²) in [4.78, 5) is 5.49. The Hall–Kier alpha value is -3.45. The molecule has 0 saturated heterocycles. The van der Waals surface area contributed by atoms with Crippen molar-refractivity contribution in [3.05, 3.63) is 126 Å². The van der Waals surface area contributed by atoms with Crippen molar-refractivity contribution < 1.29 is 0 Å². The minimum absolute atomic E-state index is 0.0217. The first-order valence-corrected chi connectivity index (χ1v) is 11.0. The van der Waals surface area contributed by atoms with E-state index in [1.807, 2.05) is 0 Å². The van der Waals surface area contributed by atoms with E-state index in [0.29, 0.717) is 0 Å². The number of rotatable bonds is 2. The molecule has 4 aromatic carbocycles. The van der Waals surface area contributed by atoms with Gasteiger partial charge in [0.15, 0.2) is 0 Å². The van der Waals surface area contributed by atoms with Crippen LogP contribution in [-0.2, 0) is 10.8 Å². The Bertz CT molecular complexity index is 1380. The molecule has 0 fully saturated rings. The highest BCUT2D eigenvalue weighted by molar-refractivity contribution is 6.05. The number of fused-ring (bicyclic) bond motifs is 4. The molecule has 0 spiro atoms. The van der Waals surface area contributed by atoms with E-state index in [-0.39, 0.29) is 10.8 Å². The molecule has 150 valence electrons. The zero-order valence-electron chi connectivity index (χ0n) is 18.0. The highest BCUT2D eigenvalue weighted by Crippen LogP contribution is 2.56. The first-order valence-electron chi connectivity index (χ1n) is 11.0.